The van der Waals surface area contributed by atoms with Crippen molar-refractivity contribution in [2.75, 3.05) is 39.8 Å². The van der Waals surface area contributed by atoms with Gasteiger partial charge in [0, 0.05) is 25.2 Å². The van der Waals surface area contributed by atoms with Gasteiger partial charge in [0.15, 0.2) is 0 Å². The summed E-state index contributed by atoms with van der Waals surface area (Å²) in [5.74, 6) is 1.37. The summed E-state index contributed by atoms with van der Waals surface area (Å²) in [6, 6.07) is 6.36. The molecule has 160 valence electrons. The second kappa shape index (κ2) is 11.5. The predicted octanol–water partition coefficient (Wildman–Crippen LogP) is 3.86. The molecule has 0 bridgehead atoms. The highest BCUT2D eigenvalue weighted by atomic mass is 35.5. The van der Waals surface area contributed by atoms with Gasteiger partial charge >= 0.3 is 0 Å². The molecule has 0 unspecified atom stereocenters. The van der Waals surface area contributed by atoms with Crippen LogP contribution in [0.25, 0.3) is 0 Å². The lowest BCUT2D eigenvalue weighted by Crippen LogP contribution is -2.31. The lowest BCUT2D eigenvalue weighted by molar-refractivity contribution is 0.177. The zero-order chi connectivity index (χ0) is 20.6. The molecule has 0 radical (unpaired) electrons. The van der Waals surface area contributed by atoms with Crippen LogP contribution in [0.15, 0.2) is 29.2 Å². The van der Waals surface area contributed by atoms with E-state index in [4.69, 9.17) is 16.7 Å². The summed E-state index contributed by atoms with van der Waals surface area (Å²) < 4.78 is 26.8. The molecule has 1 fully saturated rings. The third-order valence-corrected chi connectivity index (χ3v) is 8.18. The fourth-order valence-electron chi connectivity index (χ4n) is 4.01. The van der Waals surface area contributed by atoms with Crippen LogP contribution in [0.3, 0.4) is 0 Å². The van der Waals surface area contributed by atoms with E-state index in [1.807, 2.05) is 0 Å². The second-order valence-electron chi connectivity index (χ2n) is 7.90. The fraction of sp³-hybridized carbons (Fsp3) is 0.714. The average Bonchev–Trinajstić information content (AvgIpc) is 2.70. The Bertz CT molecular complexity index is 673. The van der Waals surface area contributed by atoms with Crippen LogP contribution in [-0.2, 0) is 10.0 Å². The summed E-state index contributed by atoms with van der Waals surface area (Å²) >= 11 is 5.86. The fourth-order valence-corrected chi connectivity index (χ4v) is 5.33. The molecule has 0 heterocycles. The number of nitrogens with zero attached hydrogens (tertiary/aromatic N) is 2. The Morgan fingerprint density at radius 3 is 2.04 bits per heavy atom. The Kier molecular flexibility index (Phi) is 9.71. The highest BCUT2D eigenvalue weighted by Gasteiger charge is 2.25. The van der Waals surface area contributed by atoms with Gasteiger partial charge in [-0.15, -0.1) is 0 Å². The monoisotopic (exact) mass is 430 g/mol. The topological polar surface area (TPSA) is 60.9 Å². The molecule has 28 heavy (non-hydrogen) atoms. The van der Waals surface area contributed by atoms with Gasteiger partial charge in [0.2, 0.25) is 10.0 Å². The quantitative estimate of drug-likeness (QED) is 0.579. The van der Waals surface area contributed by atoms with Gasteiger partial charge in [-0.25, -0.2) is 12.7 Å². The van der Waals surface area contributed by atoms with Crippen LogP contribution in [0.1, 0.15) is 45.4 Å². The number of hydrogen-bond acceptors (Lipinski definition) is 4. The summed E-state index contributed by atoms with van der Waals surface area (Å²) in [4.78, 5) is 2.61. The second-order valence-corrected chi connectivity index (χ2v) is 10.4. The van der Waals surface area contributed by atoms with E-state index in [-0.39, 0.29) is 6.61 Å². The Labute approximate surface area is 175 Å². The molecule has 0 aromatic heterocycles. The van der Waals surface area contributed by atoms with E-state index >= 15 is 0 Å². The summed E-state index contributed by atoms with van der Waals surface area (Å²) in [6.45, 7) is 5.74. The van der Waals surface area contributed by atoms with E-state index in [2.05, 4.69) is 11.8 Å². The van der Waals surface area contributed by atoms with E-state index in [0.717, 1.165) is 32.0 Å². The molecule has 0 saturated heterocycles. The molecule has 2 rings (SSSR count). The molecule has 7 heteroatoms. The van der Waals surface area contributed by atoms with E-state index in [1.54, 1.807) is 31.3 Å². The first-order valence-corrected chi connectivity index (χ1v) is 12.2. The Balaban J connectivity index is 1.73. The van der Waals surface area contributed by atoms with Crippen molar-refractivity contribution in [2.45, 2.75) is 50.3 Å². The lowest BCUT2D eigenvalue weighted by Gasteiger charge is -2.31. The Morgan fingerprint density at radius 1 is 1.00 bits per heavy atom. The van der Waals surface area contributed by atoms with Crippen LogP contribution in [0.5, 0.6) is 0 Å². The summed E-state index contributed by atoms with van der Waals surface area (Å²) in [5, 5.41) is 9.63. The maximum Gasteiger partial charge on any atom is 0.242 e. The molecule has 1 saturated carbocycles. The minimum atomic E-state index is -3.45. The summed E-state index contributed by atoms with van der Waals surface area (Å²) in [7, 11) is -1.78. The van der Waals surface area contributed by atoms with Crippen molar-refractivity contribution in [3.05, 3.63) is 29.3 Å². The first-order chi connectivity index (χ1) is 13.4. The van der Waals surface area contributed by atoms with Crippen LogP contribution in [0, 0.1) is 11.8 Å². The average molecular weight is 431 g/mol. The van der Waals surface area contributed by atoms with Gasteiger partial charge in [0.1, 0.15) is 0 Å². The van der Waals surface area contributed by atoms with Crippen molar-refractivity contribution >= 4 is 21.6 Å². The maximum absolute atomic E-state index is 12.7. The number of rotatable bonds is 11. The van der Waals surface area contributed by atoms with Crippen LogP contribution >= 0.6 is 11.6 Å². The number of benzene rings is 1. The third-order valence-electron chi connectivity index (χ3n) is 6.06. The van der Waals surface area contributed by atoms with Crippen molar-refractivity contribution in [2.24, 2.45) is 11.8 Å². The number of sulfonamides is 1. The van der Waals surface area contributed by atoms with Crippen molar-refractivity contribution in [3.63, 3.8) is 0 Å². The zero-order valence-corrected chi connectivity index (χ0v) is 18.8. The van der Waals surface area contributed by atoms with E-state index in [1.165, 1.54) is 36.4 Å². The van der Waals surface area contributed by atoms with Gasteiger partial charge in [0.05, 0.1) is 11.5 Å². The lowest BCUT2D eigenvalue weighted by atomic mass is 9.79. The van der Waals surface area contributed by atoms with E-state index < -0.39 is 10.0 Å². The van der Waals surface area contributed by atoms with Crippen molar-refractivity contribution in [1.29, 1.82) is 0 Å². The van der Waals surface area contributed by atoms with Gasteiger partial charge in [-0.3, -0.25) is 0 Å². The van der Waals surface area contributed by atoms with Gasteiger partial charge in [-0.1, -0.05) is 44.2 Å². The van der Waals surface area contributed by atoms with Gasteiger partial charge in [-0.05, 0) is 62.0 Å². The largest absolute Gasteiger partial charge is 0.395 e. The Hall–Kier alpha value is -0.660. The Morgan fingerprint density at radius 2 is 1.54 bits per heavy atom. The van der Waals surface area contributed by atoms with Crippen molar-refractivity contribution in [1.82, 2.24) is 9.21 Å². The standard InChI is InChI=1S/C21H35ClN2O3S/c1-3-24(16-17-25)15-13-19-6-4-18(5-7-19)12-14-23(2)28(26,27)21-10-8-20(22)9-11-21/h8-11,18-19,25H,3-7,12-17H2,1-2H3/t18-,19-. The van der Waals surface area contributed by atoms with Crippen LogP contribution < -0.4 is 0 Å². The molecule has 1 aliphatic carbocycles. The van der Waals surface area contributed by atoms with Crippen molar-refractivity contribution in [3.8, 4) is 0 Å². The molecule has 1 aliphatic rings. The summed E-state index contributed by atoms with van der Waals surface area (Å²) in [6.07, 6.45) is 6.95. The van der Waals surface area contributed by atoms with Gasteiger partial charge in [-0.2, -0.15) is 0 Å². The number of aliphatic hydroxyl groups excluding tert-OH is 1. The molecule has 0 amide bonds. The smallest absolute Gasteiger partial charge is 0.242 e. The van der Waals surface area contributed by atoms with Crippen LogP contribution in [0.4, 0.5) is 0 Å². The van der Waals surface area contributed by atoms with Crippen molar-refractivity contribution < 1.29 is 13.5 Å². The first kappa shape index (κ1) is 23.6. The third kappa shape index (κ3) is 6.99. The van der Waals surface area contributed by atoms with Crippen LogP contribution in [0.2, 0.25) is 5.02 Å². The highest BCUT2D eigenvalue weighted by molar-refractivity contribution is 7.89. The minimum absolute atomic E-state index is 0.229. The number of aliphatic hydroxyl groups is 1. The molecule has 1 aromatic rings. The first-order valence-electron chi connectivity index (χ1n) is 10.4. The molecular formula is C21H35ClN2O3S. The molecule has 0 aliphatic heterocycles. The normalized spacial score (nSPS) is 20.8. The molecule has 0 spiro atoms. The molecular weight excluding hydrogens is 396 g/mol. The van der Waals surface area contributed by atoms with Gasteiger partial charge < -0.3 is 10.0 Å². The number of likely N-dealkylation sites (N-methyl/N-ethyl adjacent to an activating group) is 1. The van der Waals surface area contributed by atoms with E-state index in [0.29, 0.717) is 22.4 Å². The SMILES string of the molecule is CCN(CCO)CC[C@H]1CC[C@H](CCN(C)S(=O)(=O)c2ccc(Cl)cc2)CC1. The molecule has 5 nitrogen and oxygen atoms in total. The molecule has 1 N–H and O–H groups in total. The zero-order valence-electron chi connectivity index (χ0n) is 17.2. The van der Waals surface area contributed by atoms with Crippen LogP contribution in [-0.4, -0.2) is 62.6 Å². The summed E-state index contributed by atoms with van der Waals surface area (Å²) in [5.41, 5.74) is 0. The highest BCUT2D eigenvalue weighted by Crippen LogP contribution is 2.33. The predicted molar refractivity (Wildman–Crippen MR) is 115 cm³/mol. The molecule has 0 atom stereocenters. The minimum Gasteiger partial charge on any atom is -0.395 e. The van der Waals surface area contributed by atoms with E-state index in [9.17, 15) is 8.42 Å². The number of hydrogen-bond donors (Lipinski definition) is 1. The molecule has 1 aromatic carbocycles. The maximum atomic E-state index is 12.7. The number of halogens is 1. The van der Waals surface area contributed by atoms with Gasteiger partial charge in [0.25, 0.3) is 0 Å².